The summed E-state index contributed by atoms with van der Waals surface area (Å²) < 4.78 is 10.5. The maximum atomic E-state index is 12.4. The number of hydrogen-bond donors (Lipinski definition) is 12. The Hall–Kier alpha value is -1.05. The van der Waals surface area contributed by atoms with Crippen molar-refractivity contribution in [2.75, 3.05) is 33.4 Å². The zero-order chi connectivity index (χ0) is 27.0. The molecule has 1 saturated carbocycles. The lowest BCUT2D eigenvalue weighted by molar-refractivity contribution is -0.327. The number of hydrogen-bond acceptors (Lipinski definition) is 14. The zero-order valence-corrected chi connectivity index (χ0v) is 20.3. The van der Waals surface area contributed by atoms with E-state index in [1.54, 1.807) is 7.05 Å². The van der Waals surface area contributed by atoms with E-state index in [1.807, 2.05) is 0 Å². The molecule has 2 fully saturated rings. The van der Waals surface area contributed by atoms with Gasteiger partial charge in [0.1, 0.15) is 49.0 Å². The summed E-state index contributed by atoms with van der Waals surface area (Å²) in [6.07, 6.45) is -13.4. The minimum Gasteiger partial charge on any atom is -0.394 e. The first kappa shape index (κ1) is 31.2. The van der Waals surface area contributed by atoms with Crippen molar-refractivity contribution < 1.29 is 55.1 Å². The SMILES string of the molecule is CNC1CC(N)CC1C(=O)NCCCNC(O)C(O)C(OC1OC(CO)C(O)C(O)C1O)C(O)CO. The molecule has 1 aliphatic carbocycles. The summed E-state index contributed by atoms with van der Waals surface area (Å²) in [6.45, 7) is -1.15. The minimum absolute atomic E-state index is 0.00803. The third kappa shape index (κ3) is 7.97. The first-order chi connectivity index (χ1) is 17.0. The molecule has 0 aromatic rings. The first-order valence-electron chi connectivity index (χ1n) is 12.1. The molecule has 212 valence electrons. The van der Waals surface area contributed by atoms with Gasteiger partial charge >= 0.3 is 0 Å². The molecule has 1 aliphatic heterocycles. The number of nitrogens with one attached hydrogen (secondary N) is 3. The molecule has 2 aliphatic rings. The van der Waals surface area contributed by atoms with Crippen molar-refractivity contribution in [1.29, 1.82) is 0 Å². The van der Waals surface area contributed by atoms with E-state index in [0.717, 1.165) is 0 Å². The Morgan fingerprint density at radius 3 is 2.39 bits per heavy atom. The highest BCUT2D eigenvalue weighted by atomic mass is 16.7. The number of carbonyl (C=O) groups excluding carboxylic acids is 1. The Morgan fingerprint density at radius 2 is 1.78 bits per heavy atom. The molecular formula is C21H42N4O11. The van der Waals surface area contributed by atoms with Crippen LogP contribution in [0.5, 0.6) is 0 Å². The van der Waals surface area contributed by atoms with Crippen molar-refractivity contribution in [2.45, 2.75) is 86.6 Å². The fraction of sp³-hybridized carbons (Fsp3) is 0.952. The second kappa shape index (κ2) is 14.8. The summed E-state index contributed by atoms with van der Waals surface area (Å²) in [4.78, 5) is 12.4. The summed E-state index contributed by atoms with van der Waals surface area (Å²) in [5, 5.41) is 88.0. The molecule has 0 aromatic heterocycles. The molecule has 0 bridgehead atoms. The lowest BCUT2D eigenvalue weighted by Crippen LogP contribution is -2.62. The van der Waals surface area contributed by atoms with Crippen molar-refractivity contribution in [1.82, 2.24) is 16.0 Å². The number of rotatable bonds is 14. The third-order valence-electron chi connectivity index (χ3n) is 6.68. The molecule has 36 heavy (non-hydrogen) atoms. The molecule has 15 heteroatoms. The molecule has 1 saturated heterocycles. The van der Waals surface area contributed by atoms with E-state index in [0.29, 0.717) is 25.8 Å². The van der Waals surface area contributed by atoms with Gasteiger partial charge in [-0.05, 0) is 32.9 Å². The van der Waals surface area contributed by atoms with Gasteiger partial charge in [0.05, 0.1) is 19.1 Å². The van der Waals surface area contributed by atoms with E-state index in [2.05, 4.69) is 16.0 Å². The highest BCUT2D eigenvalue weighted by molar-refractivity contribution is 5.79. The van der Waals surface area contributed by atoms with Crippen molar-refractivity contribution in [3.8, 4) is 0 Å². The Kier molecular flexibility index (Phi) is 12.8. The van der Waals surface area contributed by atoms with Gasteiger partial charge in [0.2, 0.25) is 5.91 Å². The van der Waals surface area contributed by atoms with Crippen molar-refractivity contribution in [3.05, 3.63) is 0 Å². The topological polar surface area (TPSA) is 259 Å². The Balaban J connectivity index is 1.83. The van der Waals surface area contributed by atoms with Crippen molar-refractivity contribution >= 4 is 5.91 Å². The molecule has 15 nitrogen and oxygen atoms in total. The summed E-state index contributed by atoms with van der Waals surface area (Å²) in [7, 11) is 1.78. The summed E-state index contributed by atoms with van der Waals surface area (Å²) in [6, 6.07) is -0.0300. The van der Waals surface area contributed by atoms with Crippen LogP contribution in [0.3, 0.4) is 0 Å². The Labute approximate surface area is 209 Å². The second-order valence-electron chi connectivity index (χ2n) is 9.32. The normalized spacial score (nSPS) is 36.3. The Bertz CT molecular complexity index is 663. The smallest absolute Gasteiger partial charge is 0.224 e. The van der Waals surface area contributed by atoms with E-state index in [9.17, 15) is 45.6 Å². The van der Waals surface area contributed by atoms with Crippen LogP contribution in [0.15, 0.2) is 0 Å². The van der Waals surface area contributed by atoms with Gasteiger partial charge in [-0.3, -0.25) is 10.1 Å². The van der Waals surface area contributed by atoms with E-state index >= 15 is 0 Å². The predicted molar refractivity (Wildman–Crippen MR) is 123 cm³/mol. The molecule has 12 unspecified atom stereocenters. The number of amides is 1. The summed E-state index contributed by atoms with van der Waals surface area (Å²) in [5.41, 5.74) is 5.93. The Morgan fingerprint density at radius 1 is 1.08 bits per heavy atom. The molecule has 13 N–H and O–H groups in total. The van der Waals surface area contributed by atoms with Crippen LogP contribution < -0.4 is 21.7 Å². The monoisotopic (exact) mass is 526 g/mol. The number of nitrogens with two attached hydrogens (primary N) is 1. The second-order valence-corrected chi connectivity index (χ2v) is 9.32. The molecular weight excluding hydrogens is 484 g/mol. The van der Waals surface area contributed by atoms with Gasteiger partial charge in [-0.25, -0.2) is 0 Å². The van der Waals surface area contributed by atoms with Crippen LogP contribution in [-0.2, 0) is 14.3 Å². The lowest BCUT2D eigenvalue weighted by atomic mass is 9.99. The average molecular weight is 527 g/mol. The fourth-order valence-electron chi connectivity index (χ4n) is 4.50. The largest absolute Gasteiger partial charge is 0.394 e. The summed E-state index contributed by atoms with van der Waals surface area (Å²) in [5.74, 6) is -0.354. The molecule has 0 radical (unpaired) electrons. The van der Waals surface area contributed by atoms with Gasteiger partial charge in [0, 0.05) is 18.6 Å². The number of ether oxygens (including phenoxy) is 2. The third-order valence-corrected chi connectivity index (χ3v) is 6.68. The van der Waals surface area contributed by atoms with Crippen LogP contribution in [0.2, 0.25) is 0 Å². The highest BCUT2D eigenvalue weighted by Gasteiger charge is 2.46. The van der Waals surface area contributed by atoms with Crippen molar-refractivity contribution in [2.24, 2.45) is 11.7 Å². The molecule has 12 atom stereocenters. The van der Waals surface area contributed by atoms with Gasteiger partial charge in [0.15, 0.2) is 6.29 Å². The maximum Gasteiger partial charge on any atom is 0.224 e. The van der Waals surface area contributed by atoms with Crippen LogP contribution in [0.4, 0.5) is 0 Å². The van der Waals surface area contributed by atoms with Crippen LogP contribution in [0, 0.1) is 5.92 Å². The van der Waals surface area contributed by atoms with E-state index < -0.39 is 68.5 Å². The highest BCUT2D eigenvalue weighted by Crippen LogP contribution is 2.26. The van der Waals surface area contributed by atoms with Gasteiger partial charge in [-0.15, -0.1) is 0 Å². The molecule has 0 aromatic carbocycles. The zero-order valence-electron chi connectivity index (χ0n) is 20.3. The van der Waals surface area contributed by atoms with Gasteiger partial charge in [-0.1, -0.05) is 0 Å². The number of aliphatic hydroxyl groups is 8. The molecule has 2 rings (SSSR count). The van der Waals surface area contributed by atoms with E-state index in [1.165, 1.54) is 0 Å². The lowest BCUT2D eigenvalue weighted by Gasteiger charge is -2.42. The standard InChI is InChI=1S/C21H42N4O11/c1-23-11-6-9(22)5-10(11)19(33)24-3-2-4-25-20(34)17(32)18(12(28)7-26)36-21-16(31)15(30)14(29)13(8-27)35-21/h9-18,20-21,23,25-32,34H,2-8,22H2,1H3,(H,24,33). The van der Waals surface area contributed by atoms with Crippen LogP contribution in [0.1, 0.15) is 19.3 Å². The van der Waals surface area contributed by atoms with Gasteiger partial charge in [0.25, 0.3) is 0 Å². The minimum atomic E-state index is -1.83. The average Bonchev–Trinajstić information content (AvgIpc) is 3.26. The maximum absolute atomic E-state index is 12.4. The molecule has 0 spiro atoms. The number of aliphatic hydroxyl groups excluding tert-OH is 8. The first-order valence-corrected chi connectivity index (χ1v) is 12.1. The van der Waals surface area contributed by atoms with E-state index in [-0.39, 0.29) is 30.5 Å². The number of carbonyl (C=O) groups is 1. The van der Waals surface area contributed by atoms with Crippen LogP contribution in [0.25, 0.3) is 0 Å². The molecule has 1 amide bonds. The van der Waals surface area contributed by atoms with Gasteiger partial charge in [-0.2, -0.15) is 0 Å². The predicted octanol–water partition coefficient (Wildman–Crippen LogP) is -6.37. The summed E-state index contributed by atoms with van der Waals surface area (Å²) >= 11 is 0. The van der Waals surface area contributed by atoms with Crippen LogP contribution in [-0.4, -0.2) is 147 Å². The molecule has 1 heterocycles. The van der Waals surface area contributed by atoms with Crippen LogP contribution >= 0.6 is 0 Å². The fourth-order valence-corrected chi connectivity index (χ4v) is 4.50. The van der Waals surface area contributed by atoms with E-state index in [4.69, 9.17) is 15.2 Å². The van der Waals surface area contributed by atoms with Crippen molar-refractivity contribution in [3.63, 3.8) is 0 Å². The van der Waals surface area contributed by atoms with Gasteiger partial charge < -0.3 is 66.7 Å². The quantitative estimate of drug-likeness (QED) is 0.0742.